The van der Waals surface area contributed by atoms with E-state index in [1.165, 1.54) is 0 Å². The molecule has 150 valence electrons. The Bertz CT molecular complexity index is 972. The molecule has 0 bridgehead atoms. The molecule has 4 heterocycles. The summed E-state index contributed by atoms with van der Waals surface area (Å²) in [6.45, 7) is 4.53. The Morgan fingerprint density at radius 3 is 2.59 bits per heavy atom. The van der Waals surface area contributed by atoms with Crippen molar-refractivity contribution in [3.05, 3.63) is 66.5 Å². The molecule has 0 saturated carbocycles. The van der Waals surface area contributed by atoms with Crippen LogP contribution in [0.5, 0.6) is 0 Å². The molecule has 1 aromatic carbocycles. The summed E-state index contributed by atoms with van der Waals surface area (Å²) in [6, 6.07) is 16.1. The van der Waals surface area contributed by atoms with E-state index < -0.39 is 5.60 Å². The predicted octanol–water partition coefficient (Wildman–Crippen LogP) is 2.43. The van der Waals surface area contributed by atoms with Crippen molar-refractivity contribution in [3.63, 3.8) is 0 Å². The van der Waals surface area contributed by atoms with Crippen molar-refractivity contribution < 1.29 is 9.84 Å². The van der Waals surface area contributed by atoms with Crippen LogP contribution in [0.4, 0.5) is 5.82 Å². The van der Waals surface area contributed by atoms with E-state index >= 15 is 0 Å². The third-order valence-electron chi connectivity index (χ3n) is 6.28. The van der Waals surface area contributed by atoms with Crippen LogP contribution in [-0.4, -0.2) is 65.4 Å². The Kier molecular flexibility index (Phi) is 4.91. The van der Waals surface area contributed by atoms with Crippen LogP contribution in [0.3, 0.4) is 0 Å². The summed E-state index contributed by atoms with van der Waals surface area (Å²) >= 11 is 0. The van der Waals surface area contributed by atoms with Crippen molar-refractivity contribution >= 4 is 16.7 Å². The molecule has 2 fully saturated rings. The SMILES string of the molecule is O[C@]1(c2ccccc2)CCN(c2nccc3ncccc23)C[C@H]1N1CCOCC1. The summed E-state index contributed by atoms with van der Waals surface area (Å²) in [5, 5.41) is 12.9. The second-order valence-corrected chi connectivity index (χ2v) is 7.86. The van der Waals surface area contributed by atoms with E-state index in [1.807, 2.05) is 54.9 Å². The number of ether oxygens (including phenoxy) is 1. The average molecular weight is 390 g/mol. The lowest BCUT2D eigenvalue weighted by Crippen LogP contribution is -2.62. The number of morpholine rings is 1. The van der Waals surface area contributed by atoms with Crippen LogP contribution in [0.1, 0.15) is 12.0 Å². The van der Waals surface area contributed by atoms with Crippen LogP contribution in [0.25, 0.3) is 10.9 Å². The molecule has 0 aliphatic carbocycles. The molecule has 6 nitrogen and oxygen atoms in total. The lowest BCUT2D eigenvalue weighted by molar-refractivity contribution is -0.0911. The van der Waals surface area contributed by atoms with Crippen molar-refractivity contribution in [1.82, 2.24) is 14.9 Å². The normalized spacial score (nSPS) is 26.0. The van der Waals surface area contributed by atoms with Gasteiger partial charge >= 0.3 is 0 Å². The largest absolute Gasteiger partial charge is 0.383 e. The summed E-state index contributed by atoms with van der Waals surface area (Å²) in [6.07, 6.45) is 4.29. The molecule has 3 aromatic rings. The average Bonchev–Trinajstić information content (AvgIpc) is 2.80. The van der Waals surface area contributed by atoms with E-state index in [4.69, 9.17) is 9.72 Å². The molecule has 2 aliphatic heterocycles. The minimum Gasteiger partial charge on any atom is -0.383 e. The monoisotopic (exact) mass is 390 g/mol. The van der Waals surface area contributed by atoms with Crippen molar-refractivity contribution in [2.24, 2.45) is 0 Å². The van der Waals surface area contributed by atoms with Gasteiger partial charge < -0.3 is 14.7 Å². The van der Waals surface area contributed by atoms with Crippen LogP contribution >= 0.6 is 0 Å². The summed E-state index contributed by atoms with van der Waals surface area (Å²) in [5.74, 6) is 0.948. The molecule has 0 amide bonds. The van der Waals surface area contributed by atoms with Gasteiger partial charge in [0.05, 0.1) is 24.8 Å². The maximum Gasteiger partial charge on any atom is 0.138 e. The highest BCUT2D eigenvalue weighted by Gasteiger charge is 2.46. The Labute approximate surface area is 170 Å². The number of benzene rings is 1. The molecular formula is C23H26N4O2. The van der Waals surface area contributed by atoms with Gasteiger partial charge in [-0.15, -0.1) is 0 Å². The number of piperidine rings is 1. The molecule has 2 saturated heterocycles. The smallest absolute Gasteiger partial charge is 0.138 e. The maximum atomic E-state index is 11.9. The molecule has 2 atom stereocenters. The van der Waals surface area contributed by atoms with Gasteiger partial charge in [-0.25, -0.2) is 4.98 Å². The van der Waals surface area contributed by atoms with Gasteiger partial charge in [0.2, 0.25) is 0 Å². The second-order valence-electron chi connectivity index (χ2n) is 7.86. The zero-order valence-corrected chi connectivity index (χ0v) is 16.4. The Morgan fingerprint density at radius 1 is 0.931 bits per heavy atom. The Balaban J connectivity index is 1.52. The number of hydrogen-bond acceptors (Lipinski definition) is 6. The minimum atomic E-state index is -0.891. The quantitative estimate of drug-likeness (QED) is 0.741. The van der Waals surface area contributed by atoms with Crippen LogP contribution in [0.15, 0.2) is 60.9 Å². The molecule has 0 spiro atoms. The van der Waals surface area contributed by atoms with Crippen molar-refractivity contribution in [2.75, 3.05) is 44.3 Å². The number of aliphatic hydroxyl groups is 1. The minimum absolute atomic E-state index is 0.0312. The highest BCUT2D eigenvalue weighted by Crippen LogP contribution is 2.38. The first kappa shape index (κ1) is 18.5. The number of aromatic nitrogens is 2. The topological polar surface area (TPSA) is 61.7 Å². The molecule has 2 aromatic heterocycles. The van der Waals surface area contributed by atoms with Gasteiger partial charge in [0.1, 0.15) is 11.4 Å². The lowest BCUT2D eigenvalue weighted by Gasteiger charge is -2.50. The number of nitrogens with zero attached hydrogens (tertiary/aromatic N) is 4. The van der Waals surface area contributed by atoms with Crippen LogP contribution in [0, 0.1) is 0 Å². The number of hydrogen-bond donors (Lipinski definition) is 1. The van der Waals surface area contributed by atoms with E-state index in [2.05, 4.69) is 20.9 Å². The van der Waals surface area contributed by atoms with Gasteiger partial charge in [0, 0.05) is 44.0 Å². The molecule has 0 radical (unpaired) electrons. The van der Waals surface area contributed by atoms with E-state index in [0.717, 1.165) is 41.9 Å². The van der Waals surface area contributed by atoms with Crippen molar-refractivity contribution in [1.29, 1.82) is 0 Å². The Morgan fingerprint density at radius 2 is 1.76 bits per heavy atom. The van der Waals surface area contributed by atoms with E-state index in [9.17, 15) is 5.11 Å². The molecular weight excluding hydrogens is 364 g/mol. The zero-order valence-electron chi connectivity index (χ0n) is 16.4. The summed E-state index contributed by atoms with van der Waals surface area (Å²) in [7, 11) is 0. The van der Waals surface area contributed by atoms with E-state index in [1.54, 1.807) is 0 Å². The summed E-state index contributed by atoms with van der Waals surface area (Å²) < 4.78 is 5.58. The fourth-order valence-corrected chi connectivity index (χ4v) is 4.73. The Hall–Kier alpha value is -2.54. The van der Waals surface area contributed by atoms with Crippen LogP contribution < -0.4 is 4.90 Å². The number of pyridine rings is 2. The van der Waals surface area contributed by atoms with Crippen molar-refractivity contribution in [3.8, 4) is 0 Å². The van der Waals surface area contributed by atoms with Gasteiger partial charge in [-0.1, -0.05) is 30.3 Å². The zero-order chi connectivity index (χ0) is 19.7. The lowest BCUT2D eigenvalue weighted by atomic mass is 9.79. The molecule has 1 N–H and O–H groups in total. The molecule has 29 heavy (non-hydrogen) atoms. The molecule has 2 aliphatic rings. The van der Waals surface area contributed by atoms with E-state index in [-0.39, 0.29) is 6.04 Å². The fraction of sp³-hybridized carbons (Fsp3) is 0.391. The van der Waals surface area contributed by atoms with Crippen LogP contribution in [0.2, 0.25) is 0 Å². The summed E-state index contributed by atoms with van der Waals surface area (Å²) in [5.41, 5.74) is 1.05. The number of anilines is 1. The van der Waals surface area contributed by atoms with Gasteiger partial charge in [-0.2, -0.15) is 0 Å². The van der Waals surface area contributed by atoms with Gasteiger partial charge in [0.15, 0.2) is 0 Å². The maximum absolute atomic E-state index is 11.9. The first-order chi connectivity index (χ1) is 14.3. The standard InChI is InChI=1S/C23H26N4O2/c28-23(18-5-2-1-3-6-18)9-12-27(17-21(23)26-13-15-29-16-14-26)22-19-7-4-10-24-20(19)8-11-25-22/h1-8,10-11,21,28H,9,12-17H2/t21-,23+/m1/s1. The molecule has 6 heteroatoms. The first-order valence-corrected chi connectivity index (χ1v) is 10.3. The highest BCUT2D eigenvalue weighted by molar-refractivity contribution is 5.89. The predicted molar refractivity (Wildman–Crippen MR) is 113 cm³/mol. The van der Waals surface area contributed by atoms with Gasteiger partial charge in [-0.3, -0.25) is 9.88 Å². The van der Waals surface area contributed by atoms with Gasteiger partial charge in [0.25, 0.3) is 0 Å². The second kappa shape index (κ2) is 7.71. The first-order valence-electron chi connectivity index (χ1n) is 10.3. The fourth-order valence-electron chi connectivity index (χ4n) is 4.73. The van der Waals surface area contributed by atoms with Gasteiger partial charge in [-0.05, 0) is 30.2 Å². The number of rotatable bonds is 3. The van der Waals surface area contributed by atoms with Crippen LogP contribution in [-0.2, 0) is 10.3 Å². The molecule has 0 unspecified atom stereocenters. The third-order valence-corrected chi connectivity index (χ3v) is 6.28. The summed E-state index contributed by atoms with van der Waals surface area (Å²) in [4.78, 5) is 13.9. The van der Waals surface area contributed by atoms with Crippen molar-refractivity contribution in [2.45, 2.75) is 18.1 Å². The molecule has 5 rings (SSSR count). The highest BCUT2D eigenvalue weighted by atomic mass is 16.5. The third kappa shape index (κ3) is 3.37. The number of fused-ring (bicyclic) bond motifs is 1. The van der Waals surface area contributed by atoms with E-state index in [0.29, 0.717) is 26.2 Å².